The zero-order valence-electron chi connectivity index (χ0n) is 89.9. The minimum Gasteiger partial charge on any atom is -0.456 e. The maximum atomic E-state index is 6.51. The Morgan fingerprint density at radius 3 is 0.930 bits per heavy atom. The molecule has 7 heteroatoms. The molecule has 0 atom stereocenters. The van der Waals surface area contributed by atoms with E-state index >= 15 is 0 Å². The lowest BCUT2D eigenvalue weighted by atomic mass is 9.73. The number of hydrogen-bond acceptors (Lipinski definition) is 7. The van der Waals surface area contributed by atoms with Crippen molar-refractivity contribution in [2.75, 3.05) is 0 Å². The number of thiophene rings is 2. The van der Waals surface area contributed by atoms with Gasteiger partial charge in [-0.3, -0.25) is 0 Å². The summed E-state index contributed by atoms with van der Waals surface area (Å²) in [6.45, 7) is 68.9. The normalized spacial score (nSPS) is 12.8. The summed E-state index contributed by atoms with van der Waals surface area (Å²) in [4.78, 5) is 0. The van der Waals surface area contributed by atoms with Crippen LogP contribution in [0.4, 0.5) is 0 Å². The molecule has 0 aliphatic heterocycles. The van der Waals surface area contributed by atoms with Crippen LogP contribution < -0.4 is 0 Å². The lowest BCUT2D eigenvalue weighted by Gasteiger charge is -2.31. The van der Waals surface area contributed by atoms with Gasteiger partial charge in [-0.05, 0) is 193 Å². The molecule has 0 spiro atoms. The van der Waals surface area contributed by atoms with Gasteiger partial charge in [0.15, 0.2) is 0 Å². The third kappa shape index (κ3) is 19.4. The van der Waals surface area contributed by atoms with Gasteiger partial charge in [0, 0.05) is 111 Å². The van der Waals surface area contributed by atoms with Crippen molar-refractivity contribution in [3.05, 3.63) is 371 Å². The van der Waals surface area contributed by atoms with Gasteiger partial charge in [0.2, 0.25) is 0 Å². The molecule has 728 valence electrons. The van der Waals surface area contributed by atoms with Gasteiger partial charge < -0.3 is 22.1 Å². The van der Waals surface area contributed by atoms with E-state index in [1.165, 1.54) is 172 Å². The Kier molecular flexibility index (Phi) is 26.1. The highest BCUT2D eigenvalue weighted by Crippen LogP contribution is 2.54. The quantitative estimate of drug-likeness (QED) is 0.176. The summed E-state index contributed by atoms with van der Waals surface area (Å²) < 4.78 is 37.3. The second-order valence-corrected chi connectivity index (χ2v) is 51.6. The van der Waals surface area contributed by atoms with Gasteiger partial charge in [-0.1, -0.05) is 456 Å². The molecule has 16 aromatic carbocycles. The molecule has 0 unspecified atom stereocenters. The van der Waals surface area contributed by atoms with Crippen LogP contribution in [0, 0.1) is 0 Å². The van der Waals surface area contributed by atoms with E-state index < -0.39 is 0 Å². The summed E-state index contributed by atoms with van der Waals surface area (Å²) in [6.07, 6.45) is 0. The second kappa shape index (κ2) is 37.3. The molecule has 0 N–H and O–H groups in total. The maximum absolute atomic E-state index is 6.51. The molecule has 0 bridgehead atoms. The Morgan fingerprint density at radius 1 is 0.161 bits per heavy atom. The minimum absolute atomic E-state index is 0.00143. The predicted octanol–water partition coefficient (Wildman–Crippen LogP) is 42.3. The van der Waals surface area contributed by atoms with E-state index in [1.54, 1.807) is 0 Å². The molecule has 7 heterocycles. The molecule has 0 aliphatic carbocycles. The lowest BCUT2D eigenvalue weighted by Crippen LogP contribution is -2.22. The average molecular weight is 1920 g/mol. The van der Waals surface area contributed by atoms with E-state index in [2.05, 4.69) is 499 Å². The molecule has 0 radical (unpaired) electrons. The van der Waals surface area contributed by atoms with Crippen LogP contribution >= 0.6 is 22.7 Å². The van der Waals surface area contributed by atoms with Crippen molar-refractivity contribution in [1.29, 1.82) is 0 Å². The Labute approximate surface area is 854 Å². The number of rotatable bonds is 3. The highest BCUT2D eigenvalue weighted by atomic mass is 32.1. The highest BCUT2D eigenvalue weighted by molar-refractivity contribution is 7.26. The first-order chi connectivity index (χ1) is 67.3. The van der Waals surface area contributed by atoms with Crippen molar-refractivity contribution in [2.45, 2.75) is 262 Å². The van der Waals surface area contributed by atoms with E-state index in [-0.39, 0.29) is 54.1 Å². The molecule has 23 aromatic rings. The van der Waals surface area contributed by atoms with Crippen LogP contribution in [0.2, 0.25) is 0 Å². The third-order valence-electron chi connectivity index (χ3n) is 28.0. The summed E-state index contributed by atoms with van der Waals surface area (Å²) in [5.41, 5.74) is 31.7. The Bertz CT molecular complexity index is 8260. The first-order valence-corrected chi connectivity index (χ1v) is 52.7. The fourth-order valence-corrected chi connectivity index (χ4v) is 24.5. The van der Waals surface area contributed by atoms with Gasteiger partial charge in [0.25, 0.3) is 0 Å². The monoisotopic (exact) mass is 1920 g/mol. The first kappa shape index (κ1) is 100. The average Bonchev–Trinajstić information content (AvgIpc) is 1.54. The molecule has 23 rings (SSSR count). The molecule has 143 heavy (non-hydrogen) atoms. The van der Waals surface area contributed by atoms with E-state index in [9.17, 15) is 0 Å². The van der Waals surface area contributed by atoms with Crippen LogP contribution in [-0.4, -0.2) is 0 Å². The van der Waals surface area contributed by atoms with E-state index in [0.717, 1.165) is 66.6 Å². The van der Waals surface area contributed by atoms with Crippen LogP contribution in [-0.2, 0) is 54.1 Å². The predicted molar refractivity (Wildman–Crippen MR) is 624 cm³/mol. The van der Waals surface area contributed by atoms with E-state index in [4.69, 9.17) is 22.1 Å². The summed E-state index contributed by atoms with van der Waals surface area (Å²) in [5.74, 6) is 0. The molecule has 7 aromatic heterocycles. The molecule has 0 fully saturated rings. The van der Waals surface area contributed by atoms with Gasteiger partial charge >= 0.3 is 0 Å². The van der Waals surface area contributed by atoms with Gasteiger partial charge in [-0.15, -0.1) is 22.7 Å². The fraction of sp³-hybridized carbons (Fsp3) is 0.294. The van der Waals surface area contributed by atoms with Crippen molar-refractivity contribution in [1.82, 2.24) is 0 Å². The van der Waals surface area contributed by atoms with Crippen molar-refractivity contribution < 1.29 is 22.1 Å². The van der Waals surface area contributed by atoms with Gasteiger partial charge in [-0.2, -0.15) is 0 Å². The molecular formula is C136H142O5S2. The van der Waals surface area contributed by atoms with Crippen LogP contribution in [0.5, 0.6) is 0 Å². The lowest BCUT2D eigenvalue weighted by molar-refractivity contribution is 0.523. The number of fused-ring (bicyclic) bond motifs is 21. The summed E-state index contributed by atoms with van der Waals surface area (Å²) in [5, 5.41) is 17.7. The SMILES string of the molecule is CC(C)(C)c1c(-c2ccccc2)ccc2c1oc1ccccc12.CC(C)(C)c1c2c(cc3oc4cccc(-c5ccccc5)c4c13)oc1cccc(-c3ccccc3)c12.CC(C)(C)c1ccc2c(oc3ccccc32)c1C(C)(C)C.CC(C)(C)c1ccc2c(sc3ccccc32)c1C(C)(C)C.CC(C)(C)c1ccc2oc3ccccc3c2c1C(C)(C)C.CC(C)(C)c1ccc2sc3ccccc3c2c1C(C)(C)C. The van der Waals surface area contributed by atoms with Crippen LogP contribution in [0.15, 0.2) is 338 Å². The minimum atomic E-state index is -0.154. The van der Waals surface area contributed by atoms with E-state index in [1.807, 2.05) is 46.9 Å². The van der Waals surface area contributed by atoms with Gasteiger partial charge in [-0.25, -0.2) is 0 Å². The van der Waals surface area contributed by atoms with E-state index in [0.29, 0.717) is 0 Å². The molecule has 0 amide bonds. The maximum Gasteiger partial charge on any atom is 0.139 e. The Balaban J connectivity index is 0.000000115. The van der Waals surface area contributed by atoms with Crippen LogP contribution in [0.1, 0.15) is 263 Å². The number of para-hydroxylation sites is 3. The van der Waals surface area contributed by atoms with Crippen LogP contribution in [0.3, 0.4) is 0 Å². The zero-order chi connectivity index (χ0) is 102. The number of benzene rings is 16. The number of hydrogen-bond donors (Lipinski definition) is 0. The van der Waals surface area contributed by atoms with Crippen molar-refractivity contribution >= 4 is 173 Å². The Morgan fingerprint density at radius 2 is 0.483 bits per heavy atom. The molecule has 0 aliphatic rings. The van der Waals surface area contributed by atoms with Crippen molar-refractivity contribution in [3.63, 3.8) is 0 Å². The Hall–Kier alpha value is -13.0. The molecule has 5 nitrogen and oxygen atoms in total. The summed E-state index contributed by atoms with van der Waals surface area (Å²) >= 11 is 3.86. The topological polar surface area (TPSA) is 65.7 Å². The first-order valence-electron chi connectivity index (χ1n) is 51.1. The third-order valence-corrected chi connectivity index (χ3v) is 30.3. The second-order valence-electron chi connectivity index (χ2n) is 49.5. The van der Waals surface area contributed by atoms with Crippen LogP contribution in [0.25, 0.3) is 183 Å². The fourth-order valence-electron chi connectivity index (χ4n) is 21.9. The van der Waals surface area contributed by atoms with Crippen molar-refractivity contribution in [3.8, 4) is 33.4 Å². The van der Waals surface area contributed by atoms with Crippen molar-refractivity contribution in [2.24, 2.45) is 0 Å². The largest absolute Gasteiger partial charge is 0.456 e. The zero-order valence-corrected chi connectivity index (χ0v) is 91.5. The summed E-state index contributed by atoms with van der Waals surface area (Å²) in [7, 11) is 0. The van der Waals surface area contributed by atoms with Gasteiger partial charge in [0.1, 0.15) is 55.8 Å². The summed E-state index contributed by atoms with van der Waals surface area (Å²) in [6, 6.07) is 112. The standard InChI is InChI=1S/C34H26O2.C22H20O.2C20H24O.2C20H24S/c1-34(2,3)33-31-27(35-25-18-10-16-23(29(25)31)21-12-6-4-7-13-21)20-28-32(33)30-24(17-11-19-26(30)36-28)22-14-8-5-9-15-22;1-22(2,3)20-16(15-9-5-4-6-10-15)13-14-18-17-11-7-8-12-19(17)23-21(18)20;1-19(2,3)14-11-12-16-17(18(14)20(4,5)6)13-9-7-8-10-15(13)21-16;1-19(2,3)15-12-11-14-13-9-7-8-10-16(13)21-18(14)17(15)20(4,5)6;1-19(2,3)14-11-12-16-17(18(14)20(4,5)6)13-9-7-8-10-15(13)21-16;1-19(2,3)15-12-11-14-13-9-7-8-10-16(13)21-18(14)17(15)20(4,5)6/h4-20H,1-3H3;4-14H,1-3H3;4*7-12H,1-6H3. The molecule has 0 saturated carbocycles. The number of furan rings is 5. The van der Waals surface area contributed by atoms with Gasteiger partial charge in [0.05, 0.1) is 0 Å². The molecule has 0 saturated heterocycles. The molecular weight excluding hydrogens is 1780 g/mol. The smallest absolute Gasteiger partial charge is 0.139 e. The highest BCUT2D eigenvalue weighted by Gasteiger charge is 2.37.